The predicted molar refractivity (Wildman–Crippen MR) is 151 cm³/mol. The Morgan fingerprint density at radius 1 is 1.23 bits per heavy atom. The van der Waals surface area contributed by atoms with Crippen molar-refractivity contribution in [3.05, 3.63) is 64.0 Å². The van der Waals surface area contributed by atoms with Crippen molar-refractivity contribution in [3.63, 3.8) is 0 Å². The number of halogens is 2. The second kappa shape index (κ2) is 10.3. The van der Waals surface area contributed by atoms with E-state index in [9.17, 15) is 13.7 Å². The Kier molecular flexibility index (Phi) is 7.15. The lowest BCUT2D eigenvalue weighted by Gasteiger charge is -2.49. The van der Waals surface area contributed by atoms with Crippen molar-refractivity contribution < 1.29 is 13.2 Å². The number of pyridine rings is 2. The summed E-state index contributed by atoms with van der Waals surface area (Å²) >= 11 is 12.6. The molecule has 0 amide bonds. The van der Waals surface area contributed by atoms with E-state index in [1.54, 1.807) is 12.3 Å². The molecule has 1 saturated heterocycles. The van der Waals surface area contributed by atoms with Crippen LogP contribution in [0.3, 0.4) is 0 Å². The lowest BCUT2D eigenvalue weighted by molar-refractivity contribution is 0.227. The number of hydrogen-bond acceptors (Lipinski definition) is 8. The fraction of sp³-hybridized carbons (Fsp3) is 0.308. The maximum Gasteiger partial charge on any atom is 0.208 e. The smallest absolute Gasteiger partial charge is 0.208 e. The molecule has 0 aliphatic carbocycles. The lowest BCUT2D eigenvalue weighted by atomic mass is 9.82. The Hall–Kier alpha value is -3.43. The molecule has 202 valence electrons. The number of nitrogens with one attached hydrogen (secondary N) is 2. The molecule has 4 aromatic rings. The van der Waals surface area contributed by atoms with Crippen LogP contribution in [0.15, 0.2) is 42.9 Å². The summed E-state index contributed by atoms with van der Waals surface area (Å²) < 4.78 is 31.7. The third-order valence-corrected chi connectivity index (χ3v) is 7.88. The molecular weight excluding hydrogens is 561 g/mol. The van der Waals surface area contributed by atoms with Gasteiger partial charge in [0.2, 0.25) is 10.0 Å². The zero-order chi connectivity index (χ0) is 27.9. The first-order valence-corrected chi connectivity index (χ1v) is 14.6. The summed E-state index contributed by atoms with van der Waals surface area (Å²) in [5.74, 6) is 1.15. The van der Waals surface area contributed by atoms with Crippen LogP contribution in [0.1, 0.15) is 31.1 Å². The summed E-state index contributed by atoms with van der Waals surface area (Å²) in [5.41, 5.74) is 2.91. The molecule has 1 atom stereocenters. The highest BCUT2D eigenvalue weighted by Crippen LogP contribution is 2.37. The number of H-pyrrole nitrogens is 1. The van der Waals surface area contributed by atoms with Gasteiger partial charge >= 0.3 is 0 Å². The summed E-state index contributed by atoms with van der Waals surface area (Å²) in [6.07, 6.45) is 5.44. The van der Waals surface area contributed by atoms with Gasteiger partial charge in [0.25, 0.3) is 0 Å². The number of benzene rings is 1. The fourth-order valence-corrected chi connectivity index (χ4v) is 6.01. The van der Waals surface area contributed by atoms with E-state index < -0.39 is 16.1 Å². The minimum atomic E-state index is -3.27. The number of anilines is 1. The van der Waals surface area contributed by atoms with E-state index in [1.807, 2.05) is 36.9 Å². The fourth-order valence-electron chi connectivity index (χ4n) is 4.72. The summed E-state index contributed by atoms with van der Waals surface area (Å²) in [4.78, 5) is 10.5. The number of rotatable bonds is 8. The van der Waals surface area contributed by atoms with Crippen molar-refractivity contribution in [2.45, 2.75) is 20.0 Å². The predicted octanol–water partition coefficient (Wildman–Crippen LogP) is 4.71. The van der Waals surface area contributed by atoms with E-state index in [0.717, 1.165) is 17.2 Å². The van der Waals surface area contributed by atoms with Crippen molar-refractivity contribution in [1.29, 1.82) is 5.26 Å². The Morgan fingerprint density at radius 3 is 2.62 bits per heavy atom. The third kappa shape index (κ3) is 5.65. The van der Waals surface area contributed by atoms with E-state index in [1.165, 1.54) is 12.4 Å². The first-order chi connectivity index (χ1) is 18.5. The summed E-state index contributed by atoms with van der Waals surface area (Å²) in [7, 11) is -3.27. The molecule has 1 aliphatic heterocycles. The monoisotopic (exact) mass is 585 g/mol. The van der Waals surface area contributed by atoms with Crippen LogP contribution in [0.25, 0.3) is 22.2 Å². The van der Waals surface area contributed by atoms with E-state index in [0.29, 0.717) is 63.6 Å². The van der Waals surface area contributed by atoms with Gasteiger partial charge in [-0.15, -0.1) is 0 Å². The molecule has 4 heterocycles. The van der Waals surface area contributed by atoms with Crippen LogP contribution in [-0.2, 0) is 10.0 Å². The number of aromatic nitrogens is 4. The van der Waals surface area contributed by atoms with Crippen LogP contribution in [0.2, 0.25) is 10.0 Å². The molecule has 0 bridgehead atoms. The standard InChI is InChI=1S/C26H25Cl2N7O3S/c1-15(23-20(27)10-30-11-21(23)28)38-18-4-5-22-19(7-18)24(34-33-22)17-6-16(8-29)25(31-9-17)35-13-26(2,14-35)12-32-39(3,36)37/h4-7,9-11,15,32H,12-14H2,1-3H3,(H,33,34)/t15-/m1/s1. The second-order valence-corrected chi connectivity index (χ2v) is 12.7. The molecule has 0 saturated carbocycles. The molecular formula is C26H25Cl2N7O3S. The molecule has 3 aromatic heterocycles. The molecule has 0 spiro atoms. The van der Waals surface area contributed by atoms with Crippen LogP contribution in [-0.4, -0.2) is 54.5 Å². The van der Waals surface area contributed by atoms with Gasteiger partial charge in [0.1, 0.15) is 29.4 Å². The Morgan fingerprint density at radius 2 is 1.95 bits per heavy atom. The van der Waals surface area contributed by atoms with Crippen molar-refractivity contribution in [3.8, 4) is 23.1 Å². The zero-order valence-corrected chi connectivity index (χ0v) is 23.7. The van der Waals surface area contributed by atoms with Gasteiger partial charge in [-0.1, -0.05) is 30.1 Å². The largest absolute Gasteiger partial charge is 0.486 e. The number of nitrogens with zero attached hydrogens (tertiary/aromatic N) is 5. The van der Waals surface area contributed by atoms with Crippen LogP contribution in [0.4, 0.5) is 5.82 Å². The first kappa shape index (κ1) is 27.1. The number of aromatic amines is 1. The zero-order valence-electron chi connectivity index (χ0n) is 21.4. The van der Waals surface area contributed by atoms with Gasteiger partial charge in [-0.3, -0.25) is 10.1 Å². The van der Waals surface area contributed by atoms with E-state index >= 15 is 0 Å². The Bertz CT molecular complexity index is 1690. The van der Waals surface area contributed by atoms with Crippen molar-refractivity contribution in [2.24, 2.45) is 5.41 Å². The Balaban J connectivity index is 1.38. The SMILES string of the molecule is C[C@@H](Oc1ccc2[nH]nc(-c3cnc(N4CC(C)(CNS(C)(=O)=O)C4)c(C#N)c3)c2c1)c1c(Cl)cncc1Cl. The average Bonchev–Trinajstić information content (AvgIpc) is 3.28. The molecule has 5 rings (SSSR count). The van der Waals surface area contributed by atoms with Gasteiger partial charge in [-0.2, -0.15) is 10.4 Å². The van der Waals surface area contributed by atoms with E-state index in [2.05, 4.69) is 31.0 Å². The first-order valence-electron chi connectivity index (χ1n) is 12.0. The average molecular weight is 587 g/mol. The molecule has 10 nitrogen and oxygen atoms in total. The van der Waals surface area contributed by atoms with Gasteiger partial charge in [0.15, 0.2) is 0 Å². The number of fused-ring (bicyclic) bond motifs is 1. The molecule has 1 aliphatic rings. The van der Waals surface area contributed by atoms with Gasteiger partial charge in [-0.25, -0.2) is 18.1 Å². The van der Waals surface area contributed by atoms with Gasteiger partial charge < -0.3 is 9.64 Å². The van der Waals surface area contributed by atoms with Crippen molar-refractivity contribution in [1.82, 2.24) is 24.9 Å². The normalized spacial score (nSPS) is 15.5. The van der Waals surface area contributed by atoms with Gasteiger partial charge in [0, 0.05) is 60.2 Å². The Labute approximate surface area is 236 Å². The quantitative estimate of drug-likeness (QED) is 0.303. The molecule has 0 unspecified atom stereocenters. The number of hydrogen-bond donors (Lipinski definition) is 2. The molecule has 39 heavy (non-hydrogen) atoms. The van der Waals surface area contributed by atoms with E-state index in [4.69, 9.17) is 27.9 Å². The maximum atomic E-state index is 11.5. The van der Waals surface area contributed by atoms with Crippen LogP contribution < -0.4 is 14.4 Å². The highest BCUT2D eigenvalue weighted by molar-refractivity contribution is 7.88. The molecule has 2 N–H and O–H groups in total. The number of sulfonamides is 1. The molecule has 1 aromatic carbocycles. The van der Waals surface area contributed by atoms with Crippen molar-refractivity contribution >= 4 is 49.9 Å². The molecule has 0 radical (unpaired) electrons. The molecule has 13 heteroatoms. The van der Waals surface area contributed by atoms with Gasteiger partial charge in [0.05, 0.1) is 27.4 Å². The van der Waals surface area contributed by atoms with Crippen LogP contribution >= 0.6 is 23.2 Å². The second-order valence-electron chi connectivity index (χ2n) is 10.0. The number of nitriles is 1. The van der Waals surface area contributed by atoms with Crippen LogP contribution in [0.5, 0.6) is 5.75 Å². The lowest BCUT2D eigenvalue weighted by Crippen LogP contribution is -2.59. The maximum absolute atomic E-state index is 11.5. The number of ether oxygens (including phenoxy) is 1. The minimum Gasteiger partial charge on any atom is -0.486 e. The van der Waals surface area contributed by atoms with Crippen molar-refractivity contribution in [2.75, 3.05) is 30.8 Å². The van der Waals surface area contributed by atoms with Crippen LogP contribution in [0, 0.1) is 16.7 Å². The molecule has 1 fully saturated rings. The highest BCUT2D eigenvalue weighted by atomic mass is 35.5. The minimum absolute atomic E-state index is 0.243. The van der Waals surface area contributed by atoms with Gasteiger partial charge in [-0.05, 0) is 31.2 Å². The highest BCUT2D eigenvalue weighted by Gasteiger charge is 2.40. The third-order valence-electron chi connectivity index (χ3n) is 6.61. The summed E-state index contributed by atoms with van der Waals surface area (Å²) in [5, 5.41) is 19.0. The summed E-state index contributed by atoms with van der Waals surface area (Å²) in [6, 6.07) is 9.55. The topological polar surface area (TPSA) is 137 Å². The van der Waals surface area contributed by atoms with E-state index in [-0.39, 0.29) is 5.41 Å². The summed E-state index contributed by atoms with van der Waals surface area (Å²) in [6.45, 7) is 5.32.